The number of rotatable bonds is 8. The number of carbonyl (C=O) groups is 1. The molecule has 2 aliphatic carbocycles. The average Bonchev–Trinajstić information content (AvgIpc) is 2.92. The van der Waals surface area contributed by atoms with Gasteiger partial charge in [-0.05, 0) is 82.8 Å². The van der Waals surface area contributed by atoms with E-state index in [1.54, 1.807) is 0 Å². The lowest BCUT2D eigenvalue weighted by atomic mass is 9.68. The van der Waals surface area contributed by atoms with Gasteiger partial charge in [-0.2, -0.15) is 0 Å². The minimum absolute atomic E-state index is 0.0838. The van der Waals surface area contributed by atoms with Gasteiger partial charge in [-0.25, -0.2) is 4.98 Å². The predicted molar refractivity (Wildman–Crippen MR) is 156 cm³/mol. The fraction of sp³-hybridized carbons (Fsp3) is 0.688. The number of oxime groups is 1. The van der Waals surface area contributed by atoms with Crippen LogP contribution < -0.4 is 5.56 Å². The lowest BCUT2D eigenvalue weighted by Crippen LogP contribution is -2.58. The molecule has 8 nitrogen and oxygen atoms in total. The largest absolute Gasteiger partial charge is 0.481 e. The Balaban J connectivity index is 1.35. The average molecular weight is 549 g/mol. The van der Waals surface area contributed by atoms with Gasteiger partial charge in [0.25, 0.3) is 5.56 Å². The zero-order chi connectivity index (χ0) is 27.8. The van der Waals surface area contributed by atoms with Crippen molar-refractivity contribution in [3.63, 3.8) is 0 Å². The molecular weight excluding hydrogens is 504 g/mol. The standard InChI is InChI=1S/C32H44N4O4/c1-20(2)40-34-28(13-14-30(37)38)31-32(39)36(29-12-4-3-11-27(29)33-31)26-18-23-9-6-10-24(19-26)35(23)25-16-21-7-5-8-22(15-21)17-25/h3-4,11-12,20-26H,5-10,13-19H2,1-2H3,(H,37,38)/t21-,22+,23?,24?,25?,26?. The molecule has 5 atom stereocenters. The molecule has 0 radical (unpaired) electrons. The van der Waals surface area contributed by atoms with Crippen LogP contribution in [0.1, 0.15) is 109 Å². The Morgan fingerprint density at radius 2 is 1.62 bits per heavy atom. The van der Waals surface area contributed by atoms with Gasteiger partial charge in [-0.1, -0.05) is 43.0 Å². The molecule has 2 aliphatic heterocycles. The predicted octanol–water partition coefficient (Wildman–Crippen LogP) is 5.92. The van der Waals surface area contributed by atoms with Crippen LogP contribution in [0, 0.1) is 11.8 Å². The molecule has 1 N–H and O–H groups in total. The first-order chi connectivity index (χ1) is 19.4. The van der Waals surface area contributed by atoms with Crippen LogP contribution in [0.15, 0.2) is 34.2 Å². The maximum absolute atomic E-state index is 14.3. The molecule has 4 fully saturated rings. The molecular formula is C32H44N4O4. The zero-order valence-electron chi connectivity index (χ0n) is 24.0. The van der Waals surface area contributed by atoms with Crippen LogP contribution in [-0.4, -0.2) is 55.5 Å². The van der Waals surface area contributed by atoms with Crippen molar-refractivity contribution >= 4 is 22.7 Å². The summed E-state index contributed by atoms with van der Waals surface area (Å²) < 4.78 is 1.97. The molecule has 40 heavy (non-hydrogen) atoms. The van der Waals surface area contributed by atoms with E-state index in [4.69, 9.17) is 9.82 Å². The maximum atomic E-state index is 14.3. The third-order valence-corrected chi connectivity index (χ3v) is 9.91. The van der Waals surface area contributed by atoms with Crippen molar-refractivity contribution in [3.8, 4) is 0 Å². The quantitative estimate of drug-likeness (QED) is 0.325. The van der Waals surface area contributed by atoms with Gasteiger partial charge in [0.05, 0.1) is 17.5 Å². The summed E-state index contributed by atoms with van der Waals surface area (Å²) in [6, 6.07) is 9.63. The van der Waals surface area contributed by atoms with E-state index in [2.05, 4.69) is 10.1 Å². The Labute approximate surface area is 236 Å². The minimum Gasteiger partial charge on any atom is -0.481 e. The van der Waals surface area contributed by atoms with Gasteiger partial charge < -0.3 is 14.5 Å². The van der Waals surface area contributed by atoms with E-state index >= 15 is 0 Å². The van der Waals surface area contributed by atoms with E-state index in [0.717, 1.165) is 35.7 Å². The Hall–Kier alpha value is -2.74. The molecule has 0 spiro atoms. The monoisotopic (exact) mass is 548 g/mol. The third kappa shape index (κ3) is 5.56. The fourth-order valence-electron chi connectivity index (χ4n) is 8.44. The summed E-state index contributed by atoms with van der Waals surface area (Å²) >= 11 is 0. The van der Waals surface area contributed by atoms with Gasteiger partial charge in [-0.3, -0.25) is 14.5 Å². The minimum atomic E-state index is -0.939. The molecule has 1 aromatic carbocycles. The normalized spacial score (nSPS) is 30.9. The highest BCUT2D eigenvalue weighted by Crippen LogP contribution is 2.47. The van der Waals surface area contributed by atoms with Gasteiger partial charge in [0, 0.05) is 30.6 Å². The molecule has 2 saturated carbocycles. The first-order valence-electron chi connectivity index (χ1n) is 15.6. The van der Waals surface area contributed by atoms with Crippen LogP contribution in [0.5, 0.6) is 0 Å². The molecule has 2 aromatic rings. The number of piperidine rings is 2. The Kier molecular flexibility index (Phi) is 7.98. The molecule has 1 aromatic heterocycles. The van der Waals surface area contributed by atoms with E-state index in [1.165, 1.54) is 57.8 Å². The molecule has 3 unspecified atom stereocenters. The molecule has 4 bridgehead atoms. The molecule has 2 saturated heterocycles. The SMILES string of the molecule is CC(C)ON=C(CCC(=O)O)c1nc2ccccc2n(C2CC3CCCC(C2)N3C2C[C@H]3CCC[C@@H](C2)C3)c1=O. The van der Waals surface area contributed by atoms with E-state index < -0.39 is 5.97 Å². The number of nitrogens with zero attached hydrogens (tertiary/aromatic N) is 4. The summed E-state index contributed by atoms with van der Waals surface area (Å²) in [5, 5.41) is 13.6. The van der Waals surface area contributed by atoms with Crippen molar-refractivity contribution in [2.75, 3.05) is 0 Å². The smallest absolute Gasteiger partial charge is 0.303 e. The van der Waals surface area contributed by atoms with Crippen molar-refractivity contribution in [2.24, 2.45) is 17.0 Å². The Bertz CT molecular complexity index is 1290. The molecule has 6 rings (SSSR count). The lowest BCUT2D eigenvalue weighted by Gasteiger charge is -2.55. The van der Waals surface area contributed by atoms with Crippen molar-refractivity contribution in [1.82, 2.24) is 14.5 Å². The second-order valence-electron chi connectivity index (χ2n) is 13.0. The highest BCUT2D eigenvalue weighted by Gasteiger charge is 2.45. The zero-order valence-corrected chi connectivity index (χ0v) is 24.0. The molecule has 0 amide bonds. The molecule has 3 heterocycles. The lowest BCUT2D eigenvalue weighted by molar-refractivity contribution is -0.136. The van der Waals surface area contributed by atoms with Crippen LogP contribution in [0.2, 0.25) is 0 Å². The highest BCUT2D eigenvalue weighted by atomic mass is 16.6. The third-order valence-electron chi connectivity index (χ3n) is 9.91. The van der Waals surface area contributed by atoms with Gasteiger partial charge in [0.1, 0.15) is 11.8 Å². The van der Waals surface area contributed by atoms with Crippen molar-refractivity contribution in [2.45, 2.75) is 128 Å². The summed E-state index contributed by atoms with van der Waals surface area (Å²) in [5.74, 6) is 0.870. The molecule has 8 heteroatoms. The van der Waals surface area contributed by atoms with E-state index in [9.17, 15) is 14.7 Å². The van der Waals surface area contributed by atoms with Crippen molar-refractivity contribution in [3.05, 3.63) is 40.3 Å². The number of carboxylic acids is 1. The van der Waals surface area contributed by atoms with Crippen LogP contribution >= 0.6 is 0 Å². The summed E-state index contributed by atoms with van der Waals surface area (Å²) in [5.41, 5.74) is 1.93. The van der Waals surface area contributed by atoms with Gasteiger partial charge in [-0.15, -0.1) is 0 Å². The Morgan fingerprint density at radius 3 is 2.30 bits per heavy atom. The van der Waals surface area contributed by atoms with Crippen LogP contribution in [0.4, 0.5) is 0 Å². The van der Waals surface area contributed by atoms with Crippen LogP contribution in [0.25, 0.3) is 11.0 Å². The number of hydrogen-bond acceptors (Lipinski definition) is 6. The number of benzene rings is 1. The second kappa shape index (κ2) is 11.6. The van der Waals surface area contributed by atoms with E-state index in [1.807, 2.05) is 42.7 Å². The topological polar surface area (TPSA) is 97.0 Å². The first-order valence-corrected chi connectivity index (χ1v) is 15.6. The Morgan fingerprint density at radius 1 is 0.950 bits per heavy atom. The second-order valence-corrected chi connectivity index (χ2v) is 13.0. The summed E-state index contributed by atoms with van der Waals surface area (Å²) in [6.07, 6.45) is 13.8. The van der Waals surface area contributed by atoms with Gasteiger partial charge in [0.15, 0.2) is 5.69 Å². The van der Waals surface area contributed by atoms with E-state index in [-0.39, 0.29) is 36.2 Å². The number of aliphatic carboxylic acids is 1. The van der Waals surface area contributed by atoms with Gasteiger partial charge in [0.2, 0.25) is 0 Å². The summed E-state index contributed by atoms with van der Waals surface area (Å²) in [6.45, 7) is 3.72. The number of fused-ring (bicyclic) bond motifs is 5. The molecule has 4 aliphatic rings. The number of hydrogen-bond donors (Lipinski definition) is 1. The van der Waals surface area contributed by atoms with Crippen molar-refractivity contribution in [1.29, 1.82) is 0 Å². The summed E-state index contributed by atoms with van der Waals surface area (Å²) in [7, 11) is 0. The maximum Gasteiger partial charge on any atom is 0.303 e. The van der Waals surface area contributed by atoms with Crippen LogP contribution in [-0.2, 0) is 9.63 Å². The summed E-state index contributed by atoms with van der Waals surface area (Å²) in [4.78, 5) is 38.8. The fourth-order valence-corrected chi connectivity index (χ4v) is 8.44. The van der Waals surface area contributed by atoms with Gasteiger partial charge >= 0.3 is 5.97 Å². The number of carboxylic acid groups (broad SMARTS) is 1. The highest BCUT2D eigenvalue weighted by molar-refractivity contribution is 6.00. The first kappa shape index (κ1) is 27.4. The van der Waals surface area contributed by atoms with Crippen molar-refractivity contribution < 1.29 is 14.7 Å². The number of aromatic nitrogens is 2. The van der Waals surface area contributed by atoms with E-state index in [0.29, 0.717) is 23.8 Å². The molecule has 216 valence electrons. The van der Waals surface area contributed by atoms with Crippen LogP contribution in [0.3, 0.4) is 0 Å². The number of para-hydroxylation sites is 2.